The van der Waals surface area contributed by atoms with Crippen LogP contribution in [0.3, 0.4) is 0 Å². The number of Topliss-reactive ketones (excluding diaryl/α,β-unsaturated/α-hetero) is 1. The van der Waals surface area contributed by atoms with E-state index < -0.39 is 24.5 Å². The van der Waals surface area contributed by atoms with Gasteiger partial charge < -0.3 is 25.5 Å². The minimum Gasteiger partial charge on any atom is -0.389 e. The highest BCUT2D eigenvalue weighted by atomic mass is 16.3. The molecule has 0 radical (unpaired) electrons. The lowest BCUT2D eigenvalue weighted by Gasteiger charge is -2.40. The van der Waals surface area contributed by atoms with Crippen LogP contribution < -0.4 is 10.6 Å². The largest absolute Gasteiger partial charge is 0.389 e. The van der Waals surface area contributed by atoms with Crippen molar-refractivity contribution in [1.29, 1.82) is 0 Å². The molecular weight excluding hydrogens is 456 g/mol. The van der Waals surface area contributed by atoms with E-state index in [1.807, 2.05) is 49.1 Å². The lowest BCUT2D eigenvalue weighted by molar-refractivity contribution is -0.131. The summed E-state index contributed by atoms with van der Waals surface area (Å²) in [5.74, 6) is -0.895. The second kappa shape index (κ2) is 14.3. The van der Waals surface area contributed by atoms with E-state index in [2.05, 4.69) is 15.5 Å². The number of carbonyl (C=O) groups is 3. The summed E-state index contributed by atoms with van der Waals surface area (Å²) in [5.41, 5.74) is 1.06. The van der Waals surface area contributed by atoms with Crippen LogP contribution in [-0.4, -0.2) is 83.5 Å². The Hall–Kier alpha value is -2.45. The SMILES string of the molecule is CC[C@H](C)[C@H](NC(=O)N1CCC(N2CCCCC2)CC1)C(=O)N[C@@H](CCc1ccccc1)C(=O)CO. The molecule has 3 rings (SSSR count). The molecule has 3 atom stereocenters. The molecule has 36 heavy (non-hydrogen) atoms. The third-order valence-corrected chi connectivity index (χ3v) is 7.86. The Morgan fingerprint density at radius 3 is 2.28 bits per heavy atom. The third kappa shape index (κ3) is 8.03. The van der Waals surface area contributed by atoms with E-state index in [1.54, 1.807) is 0 Å². The van der Waals surface area contributed by atoms with Crippen molar-refractivity contribution in [2.75, 3.05) is 32.8 Å². The summed E-state index contributed by atoms with van der Waals surface area (Å²) < 4.78 is 0. The fraction of sp³-hybridized carbons (Fsp3) is 0.679. The van der Waals surface area contributed by atoms with E-state index >= 15 is 0 Å². The maximum Gasteiger partial charge on any atom is 0.318 e. The van der Waals surface area contributed by atoms with E-state index in [1.165, 1.54) is 19.3 Å². The van der Waals surface area contributed by atoms with E-state index in [9.17, 15) is 19.5 Å². The van der Waals surface area contributed by atoms with Gasteiger partial charge in [-0.1, -0.05) is 57.0 Å². The monoisotopic (exact) mass is 500 g/mol. The topological polar surface area (TPSA) is 102 Å². The normalized spacial score (nSPS) is 19.8. The van der Waals surface area contributed by atoms with Crippen molar-refractivity contribution in [2.24, 2.45) is 5.92 Å². The van der Waals surface area contributed by atoms with E-state index in [4.69, 9.17) is 0 Å². The molecule has 8 nitrogen and oxygen atoms in total. The van der Waals surface area contributed by atoms with Crippen molar-refractivity contribution in [1.82, 2.24) is 20.4 Å². The number of carbonyl (C=O) groups excluding carboxylic acids is 3. The highest BCUT2D eigenvalue weighted by molar-refractivity contribution is 5.93. The summed E-state index contributed by atoms with van der Waals surface area (Å²) in [4.78, 5) is 43.2. The molecule has 0 spiro atoms. The van der Waals surface area contributed by atoms with Crippen LogP contribution in [0.25, 0.3) is 0 Å². The Morgan fingerprint density at radius 2 is 1.67 bits per heavy atom. The first-order valence-corrected chi connectivity index (χ1v) is 13.7. The first kappa shape index (κ1) is 28.1. The molecule has 1 aromatic rings. The Bertz CT molecular complexity index is 835. The second-order valence-corrected chi connectivity index (χ2v) is 10.3. The predicted molar refractivity (Wildman–Crippen MR) is 141 cm³/mol. The van der Waals surface area contributed by atoms with Gasteiger partial charge in [0, 0.05) is 19.1 Å². The predicted octanol–water partition coefficient (Wildman–Crippen LogP) is 2.74. The number of aryl methyl sites for hydroxylation is 1. The lowest BCUT2D eigenvalue weighted by Crippen LogP contribution is -2.58. The zero-order valence-electron chi connectivity index (χ0n) is 22.0. The molecule has 200 valence electrons. The van der Waals surface area contributed by atoms with Crippen LogP contribution in [0.2, 0.25) is 0 Å². The zero-order chi connectivity index (χ0) is 25.9. The van der Waals surface area contributed by atoms with Gasteiger partial charge in [0.15, 0.2) is 5.78 Å². The summed E-state index contributed by atoms with van der Waals surface area (Å²) in [7, 11) is 0. The Kier molecular flexibility index (Phi) is 11.2. The molecule has 3 N–H and O–H groups in total. The summed E-state index contributed by atoms with van der Waals surface area (Å²) in [6.07, 6.45) is 7.45. The van der Waals surface area contributed by atoms with Crippen LogP contribution in [0.5, 0.6) is 0 Å². The number of hydrogen-bond acceptors (Lipinski definition) is 5. The molecular formula is C28H44N4O4. The number of ketones is 1. The summed E-state index contributed by atoms with van der Waals surface area (Å²) in [6.45, 7) is 6.96. The molecule has 2 aliphatic rings. The fourth-order valence-electron chi connectivity index (χ4n) is 5.28. The maximum atomic E-state index is 13.3. The number of aliphatic hydroxyl groups excluding tert-OH is 1. The minimum atomic E-state index is -0.800. The van der Waals surface area contributed by atoms with Crippen LogP contribution in [0, 0.1) is 5.92 Å². The van der Waals surface area contributed by atoms with E-state index in [0.29, 0.717) is 38.4 Å². The number of piperidine rings is 2. The van der Waals surface area contributed by atoms with E-state index in [-0.39, 0.29) is 17.9 Å². The summed E-state index contributed by atoms with van der Waals surface area (Å²) in [6, 6.07) is 8.51. The number of hydrogen-bond donors (Lipinski definition) is 3. The van der Waals surface area contributed by atoms with Gasteiger partial charge >= 0.3 is 6.03 Å². The van der Waals surface area contributed by atoms with Crippen molar-refractivity contribution in [3.8, 4) is 0 Å². The number of nitrogens with one attached hydrogen (secondary N) is 2. The number of aliphatic hydroxyl groups is 1. The standard InChI is InChI=1S/C28H44N4O4/c1-3-21(2)26(27(35)29-24(25(34)20-33)13-12-22-10-6-4-7-11-22)30-28(36)32-18-14-23(15-19-32)31-16-8-5-9-17-31/h4,6-7,10-11,21,23-24,26,33H,3,5,8-9,12-20H2,1-2H3,(H,29,35)(H,30,36)/t21-,24-,26-/m0/s1. The van der Waals surface area contributed by atoms with Crippen molar-refractivity contribution in [3.63, 3.8) is 0 Å². The number of likely N-dealkylation sites (tertiary alicyclic amines) is 2. The van der Waals surface area contributed by atoms with Gasteiger partial charge in [-0.15, -0.1) is 0 Å². The van der Waals surface area contributed by atoms with Crippen molar-refractivity contribution < 1.29 is 19.5 Å². The molecule has 0 aliphatic carbocycles. The van der Waals surface area contributed by atoms with Gasteiger partial charge in [0.2, 0.25) is 5.91 Å². The number of nitrogens with zero attached hydrogens (tertiary/aromatic N) is 2. The summed E-state index contributed by atoms with van der Waals surface area (Å²) in [5, 5.41) is 15.2. The highest BCUT2D eigenvalue weighted by Crippen LogP contribution is 2.21. The maximum absolute atomic E-state index is 13.3. The molecule has 2 aliphatic heterocycles. The molecule has 0 bridgehead atoms. The molecule has 0 aromatic heterocycles. The molecule has 2 fully saturated rings. The second-order valence-electron chi connectivity index (χ2n) is 10.3. The Balaban J connectivity index is 1.57. The van der Waals surface area contributed by atoms with Gasteiger partial charge in [0.05, 0.1) is 6.04 Å². The molecule has 0 saturated carbocycles. The lowest BCUT2D eigenvalue weighted by atomic mass is 9.96. The van der Waals surface area contributed by atoms with Crippen LogP contribution >= 0.6 is 0 Å². The smallest absolute Gasteiger partial charge is 0.318 e. The van der Waals surface area contributed by atoms with Crippen molar-refractivity contribution in [2.45, 2.75) is 83.3 Å². The van der Waals surface area contributed by atoms with Gasteiger partial charge in [-0.25, -0.2) is 4.79 Å². The number of rotatable bonds is 11. The van der Waals surface area contributed by atoms with Crippen molar-refractivity contribution >= 4 is 17.7 Å². The first-order chi connectivity index (χ1) is 17.4. The average molecular weight is 501 g/mol. The van der Waals surface area contributed by atoms with Gasteiger partial charge in [-0.2, -0.15) is 0 Å². The molecule has 2 saturated heterocycles. The van der Waals surface area contributed by atoms with Gasteiger partial charge in [0.25, 0.3) is 0 Å². The zero-order valence-corrected chi connectivity index (χ0v) is 22.0. The first-order valence-electron chi connectivity index (χ1n) is 13.7. The molecule has 3 amide bonds. The van der Waals surface area contributed by atoms with Gasteiger partial charge in [-0.05, 0) is 63.1 Å². The average Bonchev–Trinajstić information content (AvgIpc) is 2.93. The van der Waals surface area contributed by atoms with Crippen LogP contribution in [-0.2, 0) is 16.0 Å². The quantitative estimate of drug-likeness (QED) is 0.434. The number of amides is 3. The van der Waals surface area contributed by atoms with Gasteiger partial charge in [0.1, 0.15) is 12.6 Å². The number of urea groups is 1. The van der Waals surface area contributed by atoms with E-state index in [0.717, 1.165) is 31.5 Å². The molecule has 8 heteroatoms. The Labute approximate surface area is 215 Å². The molecule has 0 unspecified atom stereocenters. The molecule has 2 heterocycles. The molecule has 1 aromatic carbocycles. The van der Waals surface area contributed by atoms with Crippen molar-refractivity contribution in [3.05, 3.63) is 35.9 Å². The summed E-state index contributed by atoms with van der Waals surface area (Å²) >= 11 is 0. The minimum absolute atomic E-state index is 0.0983. The van der Waals surface area contributed by atoms with Gasteiger partial charge in [-0.3, -0.25) is 9.59 Å². The van der Waals surface area contributed by atoms with Crippen LogP contribution in [0.1, 0.15) is 64.4 Å². The third-order valence-electron chi connectivity index (χ3n) is 7.86. The fourth-order valence-corrected chi connectivity index (χ4v) is 5.28. The highest BCUT2D eigenvalue weighted by Gasteiger charge is 2.33. The van der Waals surface area contributed by atoms with Crippen LogP contribution in [0.15, 0.2) is 30.3 Å². The Morgan fingerprint density at radius 1 is 1.00 bits per heavy atom. The van der Waals surface area contributed by atoms with Crippen LogP contribution in [0.4, 0.5) is 4.79 Å². The number of benzene rings is 1.